The summed E-state index contributed by atoms with van der Waals surface area (Å²) in [6, 6.07) is 1.36. The number of anilines is 1. The van der Waals surface area contributed by atoms with Crippen LogP contribution < -0.4 is 11.1 Å². The van der Waals surface area contributed by atoms with Crippen molar-refractivity contribution in [1.29, 1.82) is 0 Å². The molecular weight excluding hydrogens is 226 g/mol. The van der Waals surface area contributed by atoms with Gasteiger partial charge in [-0.05, 0) is 18.6 Å². The number of nitrogens with one attached hydrogen (secondary N) is 1. The highest BCUT2D eigenvalue weighted by atomic mass is 19.1. The normalized spacial score (nSPS) is 11.7. The molecule has 0 aliphatic rings. The number of carbonyl (C=O) groups is 1. The second-order valence-corrected chi connectivity index (χ2v) is 3.56. The number of halogens is 2. The zero-order valence-electron chi connectivity index (χ0n) is 9.26. The molecule has 0 bridgehead atoms. The van der Waals surface area contributed by atoms with E-state index in [0.29, 0.717) is 0 Å². The highest BCUT2D eigenvalue weighted by molar-refractivity contribution is 5.95. The molecule has 1 atom stereocenters. The summed E-state index contributed by atoms with van der Waals surface area (Å²) in [5.41, 5.74) is 5.15. The van der Waals surface area contributed by atoms with Crippen LogP contribution in [0, 0.1) is 30.9 Å². The first kappa shape index (κ1) is 13.1. The monoisotopic (exact) mass is 238 g/mol. The number of carbonyl (C=O) groups excluding carboxylic acids is 1. The van der Waals surface area contributed by atoms with Gasteiger partial charge in [-0.3, -0.25) is 4.79 Å². The first-order valence-corrected chi connectivity index (χ1v) is 4.92. The molecule has 0 spiro atoms. The second kappa shape index (κ2) is 5.41. The Morgan fingerprint density at radius 1 is 1.59 bits per heavy atom. The van der Waals surface area contributed by atoms with Gasteiger partial charge in [-0.1, -0.05) is 6.07 Å². The van der Waals surface area contributed by atoms with Crippen LogP contribution in [0.1, 0.15) is 12.0 Å². The maximum atomic E-state index is 13.5. The Kier molecular flexibility index (Phi) is 4.18. The average molecular weight is 238 g/mol. The van der Waals surface area contributed by atoms with Gasteiger partial charge < -0.3 is 11.1 Å². The lowest BCUT2D eigenvalue weighted by Crippen LogP contribution is -2.35. The summed E-state index contributed by atoms with van der Waals surface area (Å²) in [5.74, 6) is -0.181. The van der Waals surface area contributed by atoms with Gasteiger partial charge >= 0.3 is 0 Å². The van der Waals surface area contributed by atoms with Crippen LogP contribution in [0.25, 0.3) is 0 Å². The molecule has 3 N–H and O–H groups in total. The molecule has 0 fully saturated rings. The number of hydrogen-bond donors (Lipinski definition) is 2. The zero-order valence-corrected chi connectivity index (χ0v) is 9.26. The van der Waals surface area contributed by atoms with Gasteiger partial charge in [0.05, 0.1) is 6.04 Å². The average Bonchev–Trinajstić information content (AvgIpc) is 2.29. The highest BCUT2D eigenvalue weighted by Gasteiger charge is 2.18. The van der Waals surface area contributed by atoms with Gasteiger partial charge in [-0.25, -0.2) is 8.78 Å². The Morgan fingerprint density at radius 3 is 2.82 bits per heavy atom. The number of aryl methyl sites for hydroxylation is 1. The van der Waals surface area contributed by atoms with Gasteiger partial charge in [-0.2, -0.15) is 0 Å². The smallest absolute Gasteiger partial charge is 0.242 e. The number of terminal acetylenes is 1. The lowest BCUT2D eigenvalue weighted by atomic mass is 10.1. The third-order valence-corrected chi connectivity index (χ3v) is 2.21. The van der Waals surface area contributed by atoms with Crippen molar-refractivity contribution in [2.45, 2.75) is 19.4 Å². The minimum absolute atomic E-state index is 0.000880. The van der Waals surface area contributed by atoms with Crippen LogP contribution in [0.15, 0.2) is 12.1 Å². The maximum absolute atomic E-state index is 13.5. The summed E-state index contributed by atoms with van der Waals surface area (Å²) < 4.78 is 26.8. The van der Waals surface area contributed by atoms with Crippen molar-refractivity contribution < 1.29 is 13.6 Å². The Balaban J connectivity index is 2.93. The van der Waals surface area contributed by atoms with E-state index < -0.39 is 29.3 Å². The van der Waals surface area contributed by atoms with E-state index in [-0.39, 0.29) is 12.0 Å². The van der Waals surface area contributed by atoms with E-state index >= 15 is 0 Å². The van der Waals surface area contributed by atoms with E-state index in [4.69, 9.17) is 12.2 Å². The van der Waals surface area contributed by atoms with Crippen LogP contribution in [0.4, 0.5) is 14.5 Å². The molecule has 0 heterocycles. The summed E-state index contributed by atoms with van der Waals surface area (Å²) in [4.78, 5) is 11.5. The van der Waals surface area contributed by atoms with Crippen LogP contribution in [-0.2, 0) is 4.79 Å². The highest BCUT2D eigenvalue weighted by Crippen LogP contribution is 2.21. The van der Waals surface area contributed by atoms with Gasteiger partial charge in [0.25, 0.3) is 0 Å². The number of nitrogens with two attached hydrogens (primary N) is 1. The Bertz CT molecular complexity index is 480. The van der Waals surface area contributed by atoms with Crippen molar-refractivity contribution in [3.8, 4) is 12.3 Å². The summed E-state index contributed by atoms with van der Waals surface area (Å²) in [6.07, 6.45) is 4.99. The quantitative estimate of drug-likeness (QED) is 0.785. The summed E-state index contributed by atoms with van der Waals surface area (Å²) in [7, 11) is 0. The molecular formula is C12H12F2N2O. The molecule has 1 aromatic rings. The van der Waals surface area contributed by atoms with Gasteiger partial charge in [0.2, 0.25) is 5.91 Å². The van der Waals surface area contributed by atoms with Crippen molar-refractivity contribution in [2.75, 3.05) is 5.32 Å². The van der Waals surface area contributed by atoms with Gasteiger partial charge in [-0.15, -0.1) is 12.3 Å². The lowest BCUT2D eigenvalue weighted by molar-refractivity contribution is -0.117. The predicted octanol–water partition coefficient (Wildman–Crippen LogP) is 1.56. The second-order valence-electron chi connectivity index (χ2n) is 3.56. The van der Waals surface area contributed by atoms with E-state index in [1.807, 2.05) is 0 Å². The molecule has 3 nitrogen and oxygen atoms in total. The predicted molar refractivity (Wildman–Crippen MR) is 61.2 cm³/mol. The van der Waals surface area contributed by atoms with Crippen LogP contribution in [0.2, 0.25) is 0 Å². The van der Waals surface area contributed by atoms with Crippen LogP contribution in [0.3, 0.4) is 0 Å². The molecule has 0 saturated carbocycles. The molecule has 0 radical (unpaired) electrons. The standard InChI is InChI=1S/C12H12F2N2O/c1-3-4-9(15)12(17)16-11-8(13)6-5-7(2)10(11)14/h1,5-6,9H,4,15H2,2H3,(H,16,17). The van der Waals surface area contributed by atoms with Gasteiger partial charge in [0.1, 0.15) is 11.5 Å². The van der Waals surface area contributed by atoms with E-state index in [2.05, 4.69) is 11.2 Å². The molecule has 0 aliphatic carbocycles. The summed E-state index contributed by atoms with van der Waals surface area (Å²) in [6.45, 7) is 1.46. The largest absolute Gasteiger partial charge is 0.320 e. The number of amides is 1. The summed E-state index contributed by atoms with van der Waals surface area (Å²) in [5, 5.41) is 2.09. The van der Waals surface area contributed by atoms with E-state index in [1.54, 1.807) is 0 Å². The fourth-order valence-corrected chi connectivity index (χ4v) is 1.21. The first-order valence-electron chi connectivity index (χ1n) is 4.92. The third-order valence-electron chi connectivity index (χ3n) is 2.21. The number of hydrogen-bond acceptors (Lipinski definition) is 2. The van der Waals surface area contributed by atoms with E-state index in [0.717, 1.165) is 6.07 Å². The molecule has 1 rings (SSSR count). The van der Waals surface area contributed by atoms with Gasteiger partial charge in [0, 0.05) is 6.42 Å². The van der Waals surface area contributed by atoms with Crippen LogP contribution in [0.5, 0.6) is 0 Å². The number of benzene rings is 1. The lowest BCUT2D eigenvalue weighted by Gasteiger charge is -2.12. The summed E-state index contributed by atoms with van der Waals surface area (Å²) >= 11 is 0. The zero-order chi connectivity index (χ0) is 13.0. The minimum atomic E-state index is -0.987. The van der Waals surface area contributed by atoms with Crippen LogP contribution in [-0.4, -0.2) is 11.9 Å². The fraction of sp³-hybridized carbons (Fsp3) is 0.250. The van der Waals surface area contributed by atoms with Crippen molar-refractivity contribution in [1.82, 2.24) is 0 Å². The van der Waals surface area contributed by atoms with Crippen molar-refractivity contribution in [3.63, 3.8) is 0 Å². The third kappa shape index (κ3) is 3.02. The van der Waals surface area contributed by atoms with Crippen molar-refractivity contribution in [2.24, 2.45) is 5.73 Å². The Labute approximate surface area is 98.0 Å². The molecule has 1 aromatic carbocycles. The SMILES string of the molecule is C#CCC(N)C(=O)Nc1c(F)ccc(C)c1F. The van der Waals surface area contributed by atoms with Crippen molar-refractivity contribution >= 4 is 11.6 Å². The fourth-order valence-electron chi connectivity index (χ4n) is 1.21. The topological polar surface area (TPSA) is 55.1 Å². The molecule has 0 saturated heterocycles. The molecule has 5 heteroatoms. The molecule has 90 valence electrons. The maximum Gasteiger partial charge on any atom is 0.242 e. The van der Waals surface area contributed by atoms with E-state index in [9.17, 15) is 13.6 Å². The van der Waals surface area contributed by atoms with Crippen LogP contribution >= 0.6 is 0 Å². The molecule has 0 aromatic heterocycles. The number of rotatable bonds is 3. The van der Waals surface area contributed by atoms with Crippen molar-refractivity contribution in [3.05, 3.63) is 29.3 Å². The molecule has 0 aliphatic heterocycles. The minimum Gasteiger partial charge on any atom is -0.320 e. The molecule has 17 heavy (non-hydrogen) atoms. The molecule has 1 amide bonds. The molecule has 1 unspecified atom stereocenters. The van der Waals surface area contributed by atoms with E-state index in [1.165, 1.54) is 13.0 Å². The first-order chi connectivity index (χ1) is 7.97. The van der Waals surface area contributed by atoms with Gasteiger partial charge in [0.15, 0.2) is 5.82 Å². The Hall–Kier alpha value is -1.93. The Morgan fingerprint density at radius 2 is 2.24 bits per heavy atom.